The molecule has 6 heteroatoms. The Morgan fingerprint density at radius 3 is 2.72 bits per heavy atom. The number of hydrogen-bond acceptors (Lipinski definition) is 4. The standard InChI is InChI=1S/C26H33N3O3/c1-27(2)11-12-28-13-14-29-22-16-19(26(30)31)8-9-21(22)23(18-6-4-3-5-7-18)24(29)25-20(17-28)10-15-32-25/h8-10,15-16,18H,3-7,11-14,17H2,1-2H3,(H,30,31). The lowest BCUT2D eigenvalue weighted by atomic mass is 9.82. The van der Waals surface area contributed by atoms with Crippen molar-refractivity contribution in [3.8, 4) is 11.5 Å². The largest absolute Gasteiger partial charge is 0.478 e. The quantitative estimate of drug-likeness (QED) is 0.609. The first-order valence-electron chi connectivity index (χ1n) is 11.9. The topological polar surface area (TPSA) is 61.9 Å². The van der Waals surface area contributed by atoms with Crippen molar-refractivity contribution < 1.29 is 14.3 Å². The smallest absolute Gasteiger partial charge is 0.335 e. The zero-order valence-corrected chi connectivity index (χ0v) is 19.1. The van der Waals surface area contributed by atoms with Crippen LogP contribution in [0, 0.1) is 0 Å². The third kappa shape index (κ3) is 3.86. The van der Waals surface area contributed by atoms with Gasteiger partial charge in [-0.3, -0.25) is 4.90 Å². The summed E-state index contributed by atoms with van der Waals surface area (Å²) in [5, 5.41) is 10.8. The molecule has 6 nitrogen and oxygen atoms in total. The first-order chi connectivity index (χ1) is 15.5. The molecule has 0 radical (unpaired) electrons. The Labute approximate surface area is 189 Å². The second-order valence-corrected chi connectivity index (χ2v) is 9.64. The van der Waals surface area contributed by atoms with Crippen LogP contribution in [0.2, 0.25) is 0 Å². The molecule has 0 unspecified atom stereocenters. The van der Waals surface area contributed by atoms with E-state index in [-0.39, 0.29) is 0 Å². The van der Waals surface area contributed by atoms with Gasteiger partial charge in [-0.2, -0.15) is 0 Å². The van der Waals surface area contributed by atoms with Crippen LogP contribution < -0.4 is 0 Å². The minimum atomic E-state index is -0.876. The fourth-order valence-corrected chi connectivity index (χ4v) is 5.55. The van der Waals surface area contributed by atoms with E-state index in [1.807, 2.05) is 18.4 Å². The van der Waals surface area contributed by atoms with Crippen LogP contribution in [0.5, 0.6) is 0 Å². The summed E-state index contributed by atoms with van der Waals surface area (Å²) in [7, 11) is 4.21. The highest BCUT2D eigenvalue weighted by molar-refractivity contribution is 5.98. The Bertz CT molecular complexity index is 1120. The molecule has 1 aromatic carbocycles. The summed E-state index contributed by atoms with van der Waals surface area (Å²) in [5.41, 5.74) is 5.15. The third-order valence-corrected chi connectivity index (χ3v) is 7.22. The van der Waals surface area contributed by atoms with E-state index in [9.17, 15) is 9.90 Å². The predicted molar refractivity (Wildman–Crippen MR) is 126 cm³/mol. The number of nitrogens with zero attached hydrogens (tertiary/aromatic N) is 3. The lowest BCUT2D eigenvalue weighted by Crippen LogP contribution is -2.34. The van der Waals surface area contributed by atoms with Crippen LogP contribution in [0.25, 0.3) is 22.4 Å². The zero-order chi connectivity index (χ0) is 22.2. The Hall–Kier alpha value is -2.57. The molecule has 0 bridgehead atoms. The van der Waals surface area contributed by atoms with Crippen molar-refractivity contribution >= 4 is 16.9 Å². The molecule has 2 aromatic heterocycles. The van der Waals surface area contributed by atoms with Crippen molar-refractivity contribution in [1.82, 2.24) is 14.4 Å². The molecular weight excluding hydrogens is 402 g/mol. The summed E-state index contributed by atoms with van der Waals surface area (Å²) >= 11 is 0. The van der Waals surface area contributed by atoms with Gasteiger partial charge in [0.15, 0.2) is 5.76 Å². The first-order valence-corrected chi connectivity index (χ1v) is 11.9. The number of likely N-dealkylation sites (N-methyl/N-ethyl adjacent to an activating group) is 1. The number of benzene rings is 1. The van der Waals surface area contributed by atoms with Gasteiger partial charge in [-0.25, -0.2) is 4.79 Å². The van der Waals surface area contributed by atoms with Crippen LogP contribution in [-0.2, 0) is 13.1 Å². The SMILES string of the molecule is CN(C)CCN1CCn2c(c(C3CCCCC3)c3ccc(C(=O)O)cc32)-c2occc2C1. The number of hydrogen-bond donors (Lipinski definition) is 1. The van der Waals surface area contributed by atoms with Gasteiger partial charge in [-0.05, 0) is 56.6 Å². The summed E-state index contributed by atoms with van der Waals surface area (Å²) in [4.78, 5) is 16.5. The highest BCUT2D eigenvalue weighted by Gasteiger charge is 2.31. The van der Waals surface area contributed by atoms with Crippen LogP contribution in [0.4, 0.5) is 0 Å². The lowest BCUT2D eigenvalue weighted by Gasteiger charge is -2.28. The molecule has 1 aliphatic heterocycles. The number of aromatic carboxylic acids is 1. The van der Waals surface area contributed by atoms with Gasteiger partial charge in [0.25, 0.3) is 0 Å². The van der Waals surface area contributed by atoms with Crippen LogP contribution in [0.1, 0.15) is 59.5 Å². The van der Waals surface area contributed by atoms with Gasteiger partial charge in [0.1, 0.15) is 0 Å². The van der Waals surface area contributed by atoms with E-state index in [0.29, 0.717) is 11.5 Å². The highest BCUT2D eigenvalue weighted by atomic mass is 16.4. The average Bonchev–Trinajstić information content (AvgIpc) is 3.35. The van der Waals surface area contributed by atoms with E-state index in [4.69, 9.17) is 4.42 Å². The van der Waals surface area contributed by atoms with E-state index in [1.54, 1.807) is 6.07 Å². The maximum Gasteiger partial charge on any atom is 0.335 e. The first kappa shape index (κ1) is 21.3. The average molecular weight is 436 g/mol. The normalized spacial score (nSPS) is 17.8. The maximum absolute atomic E-state index is 11.8. The van der Waals surface area contributed by atoms with Gasteiger partial charge < -0.3 is 19.0 Å². The number of carboxylic acids is 1. The number of fused-ring (bicyclic) bond motifs is 5. The highest BCUT2D eigenvalue weighted by Crippen LogP contribution is 2.45. The van der Waals surface area contributed by atoms with Crippen molar-refractivity contribution in [2.45, 2.75) is 51.1 Å². The van der Waals surface area contributed by atoms with E-state index < -0.39 is 5.97 Å². The fraction of sp³-hybridized carbons (Fsp3) is 0.500. The summed E-state index contributed by atoms with van der Waals surface area (Å²) in [5.74, 6) is 0.590. The van der Waals surface area contributed by atoms with Crippen LogP contribution in [0.15, 0.2) is 34.9 Å². The molecule has 0 atom stereocenters. The number of carboxylic acid groups (broad SMARTS) is 1. The second-order valence-electron chi connectivity index (χ2n) is 9.64. The molecule has 2 aliphatic rings. The van der Waals surface area contributed by atoms with Crippen LogP contribution in [0.3, 0.4) is 0 Å². The molecule has 3 heterocycles. The van der Waals surface area contributed by atoms with Gasteiger partial charge in [-0.15, -0.1) is 0 Å². The number of furan rings is 1. The monoisotopic (exact) mass is 435 g/mol. The Balaban J connectivity index is 1.68. The van der Waals surface area contributed by atoms with Crippen LogP contribution in [-0.4, -0.2) is 59.2 Å². The summed E-state index contributed by atoms with van der Waals surface area (Å²) in [6.45, 7) is 4.63. The number of rotatable bonds is 5. The molecule has 0 spiro atoms. The molecule has 0 saturated heterocycles. The van der Waals surface area contributed by atoms with Gasteiger partial charge in [0.2, 0.25) is 0 Å². The molecule has 1 fully saturated rings. The van der Waals surface area contributed by atoms with Crippen molar-refractivity contribution in [1.29, 1.82) is 0 Å². The van der Waals surface area contributed by atoms with E-state index in [1.165, 1.54) is 54.3 Å². The van der Waals surface area contributed by atoms with Gasteiger partial charge >= 0.3 is 5.97 Å². The van der Waals surface area contributed by atoms with E-state index in [0.717, 1.165) is 44.0 Å². The maximum atomic E-state index is 11.8. The van der Waals surface area contributed by atoms with Crippen molar-refractivity contribution in [2.75, 3.05) is 33.7 Å². The second kappa shape index (κ2) is 8.75. The summed E-state index contributed by atoms with van der Waals surface area (Å²) < 4.78 is 8.50. The Morgan fingerprint density at radius 2 is 1.97 bits per heavy atom. The third-order valence-electron chi connectivity index (χ3n) is 7.22. The van der Waals surface area contributed by atoms with Gasteiger partial charge in [0, 0.05) is 49.2 Å². The molecule has 0 amide bonds. The molecule has 1 aliphatic carbocycles. The fourth-order valence-electron chi connectivity index (χ4n) is 5.55. The number of aromatic nitrogens is 1. The molecule has 1 saturated carbocycles. The van der Waals surface area contributed by atoms with Gasteiger partial charge in [0.05, 0.1) is 17.5 Å². The van der Waals surface area contributed by atoms with E-state index in [2.05, 4.69) is 34.5 Å². The minimum Gasteiger partial charge on any atom is -0.478 e. The number of carbonyl (C=O) groups is 1. The van der Waals surface area contributed by atoms with E-state index >= 15 is 0 Å². The molecule has 3 aromatic rings. The Kier molecular flexibility index (Phi) is 5.82. The zero-order valence-electron chi connectivity index (χ0n) is 19.1. The molecular formula is C26H33N3O3. The molecule has 170 valence electrons. The molecule has 5 rings (SSSR count). The van der Waals surface area contributed by atoms with Crippen LogP contribution >= 0.6 is 0 Å². The van der Waals surface area contributed by atoms with Gasteiger partial charge in [-0.1, -0.05) is 25.3 Å². The molecule has 32 heavy (non-hydrogen) atoms. The van der Waals surface area contributed by atoms with Crippen molar-refractivity contribution in [3.05, 3.63) is 47.2 Å². The van der Waals surface area contributed by atoms with Crippen molar-refractivity contribution in [3.63, 3.8) is 0 Å². The van der Waals surface area contributed by atoms with Crippen molar-refractivity contribution in [2.24, 2.45) is 0 Å². The Morgan fingerprint density at radius 1 is 1.16 bits per heavy atom. The predicted octanol–water partition coefficient (Wildman–Crippen LogP) is 5.02. The summed E-state index contributed by atoms with van der Waals surface area (Å²) in [6, 6.07) is 7.77. The molecule has 1 N–H and O–H groups in total. The lowest BCUT2D eigenvalue weighted by molar-refractivity contribution is 0.0697. The summed E-state index contributed by atoms with van der Waals surface area (Å²) in [6.07, 6.45) is 8.02. The minimum absolute atomic E-state index is 0.346.